The molecule has 1 saturated carbocycles. The summed E-state index contributed by atoms with van der Waals surface area (Å²) in [6.45, 7) is 0. The fourth-order valence-electron chi connectivity index (χ4n) is 2.91. The maximum absolute atomic E-state index is 12.2. The number of thioether (sulfide) groups is 1. The highest BCUT2D eigenvalue weighted by atomic mass is 32.2. The first-order valence-corrected chi connectivity index (χ1v) is 7.56. The molecule has 2 rings (SSSR count). The van der Waals surface area contributed by atoms with Gasteiger partial charge < -0.3 is 5.11 Å². The number of carboxylic acid groups (broad SMARTS) is 1. The number of nitrogens with zero attached hydrogens (tertiary/aromatic N) is 1. The molecule has 0 spiro atoms. The number of aliphatic carboxylic acids is 1. The zero-order valence-corrected chi connectivity index (χ0v) is 11.1. The van der Waals surface area contributed by atoms with Crippen molar-refractivity contribution in [3.63, 3.8) is 0 Å². The summed E-state index contributed by atoms with van der Waals surface area (Å²) in [5, 5.41) is 9.17. The molecule has 2 fully saturated rings. The van der Waals surface area contributed by atoms with Crippen molar-refractivity contribution in [2.75, 3.05) is 12.0 Å². The normalized spacial score (nSPS) is 29.3. The van der Waals surface area contributed by atoms with E-state index in [2.05, 4.69) is 0 Å². The molecule has 0 unspecified atom stereocenters. The van der Waals surface area contributed by atoms with Crippen LogP contribution in [0.1, 0.15) is 25.7 Å². The lowest BCUT2D eigenvalue weighted by atomic mass is 9.81. The maximum atomic E-state index is 12.2. The van der Waals surface area contributed by atoms with E-state index in [-0.39, 0.29) is 29.4 Å². The van der Waals surface area contributed by atoms with Crippen LogP contribution in [-0.2, 0) is 14.4 Å². The van der Waals surface area contributed by atoms with Crippen LogP contribution in [0.2, 0.25) is 0 Å². The molecule has 5 nitrogen and oxygen atoms in total. The van der Waals surface area contributed by atoms with Crippen LogP contribution in [0.5, 0.6) is 0 Å². The highest BCUT2D eigenvalue weighted by Crippen LogP contribution is 2.39. The quantitative estimate of drug-likeness (QED) is 0.771. The SMILES string of the molecule is CSC[C@@H](C(=O)O)N1C(=O)[C@H]2CCCC[C@@H]2C1=O. The summed E-state index contributed by atoms with van der Waals surface area (Å²) in [5.41, 5.74) is 0. The minimum Gasteiger partial charge on any atom is -0.480 e. The molecule has 6 heteroatoms. The van der Waals surface area contributed by atoms with Gasteiger partial charge >= 0.3 is 5.97 Å². The average molecular weight is 271 g/mol. The van der Waals surface area contributed by atoms with Crippen LogP contribution in [0.25, 0.3) is 0 Å². The lowest BCUT2D eigenvalue weighted by Crippen LogP contribution is -2.47. The summed E-state index contributed by atoms with van der Waals surface area (Å²) in [6, 6.07) is -1.01. The molecular formula is C12H17NO4S. The molecular weight excluding hydrogens is 254 g/mol. The number of likely N-dealkylation sites (tertiary alicyclic amines) is 1. The Morgan fingerprint density at radius 1 is 1.33 bits per heavy atom. The molecule has 3 atom stereocenters. The van der Waals surface area contributed by atoms with Gasteiger partial charge in [0, 0.05) is 5.75 Å². The topological polar surface area (TPSA) is 74.7 Å². The summed E-state index contributed by atoms with van der Waals surface area (Å²) in [7, 11) is 0. The monoisotopic (exact) mass is 271 g/mol. The zero-order chi connectivity index (χ0) is 13.3. The number of fused-ring (bicyclic) bond motifs is 1. The minimum absolute atomic E-state index is 0.256. The fourth-order valence-corrected chi connectivity index (χ4v) is 3.52. The maximum Gasteiger partial charge on any atom is 0.327 e. The Kier molecular flexibility index (Phi) is 3.94. The summed E-state index contributed by atoms with van der Waals surface area (Å²) in [6.07, 6.45) is 5.12. The summed E-state index contributed by atoms with van der Waals surface area (Å²) < 4.78 is 0. The average Bonchev–Trinajstić information content (AvgIpc) is 2.60. The molecule has 1 N–H and O–H groups in total. The minimum atomic E-state index is -1.09. The zero-order valence-electron chi connectivity index (χ0n) is 10.3. The highest BCUT2D eigenvalue weighted by molar-refractivity contribution is 7.98. The first kappa shape index (κ1) is 13.4. The molecule has 0 aromatic rings. The van der Waals surface area contributed by atoms with Gasteiger partial charge in [-0.15, -0.1) is 0 Å². The number of hydrogen-bond donors (Lipinski definition) is 1. The molecule has 100 valence electrons. The molecule has 1 aliphatic heterocycles. The Balaban J connectivity index is 2.24. The summed E-state index contributed by atoms with van der Waals surface area (Å²) in [5.74, 6) is -1.92. The third kappa shape index (κ3) is 2.13. The van der Waals surface area contributed by atoms with E-state index in [0.717, 1.165) is 30.6 Å². The van der Waals surface area contributed by atoms with Gasteiger partial charge in [-0.3, -0.25) is 14.5 Å². The Hall–Kier alpha value is -1.04. The van der Waals surface area contributed by atoms with E-state index in [0.29, 0.717) is 0 Å². The van der Waals surface area contributed by atoms with Gasteiger partial charge in [-0.05, 0) is 19.1 Å². The van der Waals surface area contributed by atoms with Crippen LogP contribution >= 0.6 is 11.8 Å². The van der Waals surface area contributed by atoms with E-state index in [9.17, 15) is 19.5 Å². The van der Waals surface area contributed by atoms with Gasteiger partial charge in [0.05, 0.1) is 11.8 Å². The number of amides is 2. The number of carboxylic acids is 1. The van der Waals surface area contributed by atoms with Crippen molar-refractivity contribution in [3.05, 3.63) is 0 Å². The van der Waals surface area contributed by atoms with Crippen molar-refractivity contribution >= 4 is 29.5 Å². The largest absolute Gasteiger partial charge is 0.480 e. The van der Waals surface area contributed by atoms with Crippen molar-refractivity contribution in [1.82, 2.24) is 4.90 Å². The molecule has 0 bridgehead atoms. The Morgan fingerprint density at radius 2 is 1.83 bits per heavy atom. The van der Waals surface area contributed by atoms with E-state index in [4.69, 9.17) is 0 Å². The van der Waals surface area contributed by atoms with Crippen LogP contribution in [0.3, 0.4) is 0 Å². The third-order valence-corrected chi connectivity index (χ3v) is 4.45. The number of hydrogen-bond acceptors (Lipinski definition) is 4. The van der Waals surface area contributed by atoms with Gasteiger partial charge in [0.1, 0.15) is 6.04 Å². The second-order valence-corrected chi connectivity index (χ2v) is 5.76. The van der Waals surface area contributed by atoms with Crippen LogP contribution in [-0.4, -0.2) is 45.8 Å². The van der Waals surface area contributed by atoms with Crippen molar-refractivity contribution in [2.24, 2.45) is 11.8 Å². The Morgan fingerprint density at radius 3 is 2.22 bits per heavy atom. The molecule has 1 saturated heterocycles. The predicted molar refractivity (Wildman–Crippen MR) is 67.1 cm³/mol. The second-order valence-electron chi connectivity index (χ2n) is 4.85. The van der Waals surface area contributed by atoms with E-state index in [1.807, 2.05) is 0 Å². The van der Waals surface area contributed by atoms with Crippen LogP contribution in [0, 0.1) is 11.8 Å². The standard InChI is InChI=1S/C12H17NO4S/c1-18-6-9(12(16)17)13-10(14)7-4-2-3-5-8(7)11(13)15/h7-9H,2-6H2,1H3,(H,16,17)/t7-,8-,9-/m0/s1. The highest BCUT2D eigenvalue weighted by Gasteiger charge is 2.51. The first-order chi connectivity index (χ1) is 8.57. The van der Waals surface area contributed by atoms with Crippen molar-refractivity contribution in [1.29, 1.82) is 0 Å². The summed E-state index contributed by atoms with van der Waals surface area (Å²) >= 11 is 1.34. The molecule has 2 aliphatic rings. The number of carbonyl (C=O) groups is 3. The van der Waals surface area contributed by atoms with Crippen molar-refractivity contribution in [2.45, 2.75) is 31.7 Å². The molecule has 18 heavy (non-hydrogen) atoms. The summed E-state index contributed by atoms with van der Waals surface area (Å²) in [4.78, 5) is 36.6. The molecule has 0 aromatic carbocycles. The van der Waals surface area contributed by atoms with Crippen LogP contribution in [0.15, 0.2) is 0 Å². The van der Waals surface area contributed by atoms with Gasteiger partial charge in [-0.2, -0.15) is 11.8 Å². The second kappa shape index (κ2) is 5.30. The Bertz CT molecular complexity index is 360. The number of carbonyl (C=O) groups excluding carboxylic acids is 2. The molecule has 1 heterocycles. The van der Waals surface area contributed by atoms with Gasteiger partial charge in [-0.1, -0.05) is 12.8 Å². The van der Waals surface area contributed by atoms with Gasteiger partial charge in [0.15, 0.2) is 0 Å². The van der Waals surface area contributed by atoms with Crippen molar-refractivity contribution in [3.8, 4) is 0 Å². The van der Waals surface area contributed by atoms with Gasteiger partial charge in [-0.25, -0.2) is 4.79 Å². The van der Waals surface area contributed by atoms with Gasteiger partial charge in [0.25, 0.3) is 0 Å². The third-order valence-electron chi connectivity index (χ3n) is 3.80. The number of imide groups is 1. The smallest absolute Gasteiger partial charge is 0.327 e. The lowest BCUT2D eigenvalue weighted by molar-refractivity contribution is -0.154. The fraction of sp³-hybridized carbons (Fsp3) is 0.750. The van der Waals surface area contributed by atoms with Crippen LogP contribution < -0.4 is 0 Å². The Labute approximate surface area is 110 Å². The van der Waals surface area contributed by atoms with Crippen molar-refractivity contribution < 1.29 is 19.5 Å². The van der Waals surface area contributed by atoms with E-state index < -0.39 is 12.0 Å². The molecule has 0 aromatic heterocycles. The van der Waals surface area contributed by atoms with E-state index >= 15 is 0 Å². The van der Waals surface area contributed by atoms with Crippen LogP contribution in [0.4, 0.5) is 0 Å². The van der Waals surface area contributed by atoms with E-state index in [1.165, 1.54) is 11.8 Å². The first-order valence-electron chi connectivity index (χ1n) is 6.16. The lowest BCUT2D eigenvalue weighted by Gasteiger charge is -2.22. The molecule has 2 amide bonds. The molecule has 1 aliphatic carbocycles. The predicted octanol–water partition coefficient (Wildman–Crippen LogP) is 0.978. The number of rotatable bonds is 4. The van der Waals surface area contributed by atoms with E-state index in [1.54, 1.807) is 6.26 Å². The van der Waals surface area contributed by atoms with Gasteiger partial charge in [0.2, 0.25) is 11.8 Å². The molecule has 0 radical (unpaired) electrons.